The fraction of sp³-hybridized carbons (Fsp3) is 0.917. The van der Waals surface area contributed by atoms with E-state index in [1.807, 2.05) is 11.9 Å². The van der Waals surface area contributed by atoms with E-state index in [2.05, 4.69) is 18.7 Å². The van der Waals surface area contributed by atoms with Gasteiger partial charge in [-0.25, -0.2) is 0 Å². The summed E-state index contributed by atoms with van der Waals surface area (Å²) in [7, 11) is 2.05. The number of rotatable bonds is 1. The third-order valence-electron chi connectivity index (χ3n) is 4.40. The zero-order valence-electron chi connectivity index (χ0n) is 10.3. The molecule has 2 aliphatic heterocycles. The molecule has 4 nitrogen and oxygen atoms in total. The average molecular weight is 224 g/mol. The Hall–Kier alpha value is -0.610. The molecule has 0 aromatic heterocycles. The second-order valence-electron chi connectivity index (χ2n) is 5.57. The fourth-order valence-corrected chi connectivity index (χ4v) is 3.39. The van der Waals surface area contributed by atoms with Crippen LogP contribution in [0.15, 0.2) is 0 Å². The minimum atomic E-state index is -0.248. The maximum absolute atomic E-state index is 12.6. The molecule has 2 saturated heterocycles. The van der Waals surface area contributed by atoms with Crippen LogP contribution in [0.4, 0.5) is 0 Å². The lowest BCUT2D eigenvalue weighted by Gasteiger charge is -2.44. The van der Waals surface area contributed by atoms with Crippen molar-refractivity contribution < 1.29 is 9.53 Å². The summed E-state index contributed by atoms with van der Waals surface area (Å²) in [4.78, 5) is 16.8. The van der Waals surface area contributed by atoms with Crippen molar-refractivity contribution in [2.75, 3.05) is 7.05 Å². The van der Waals surface area contributed by atoms with Crippen LogP contribution >= 0.6 is 0 Å². The van der Waals surface area contributed by atoms with Crippen LogP contribution in [0.5, 0.6) is 0 Å². The Balaban J connectivity index is 1.95. The van der Waals surface area contributed by atoms with E-state index in [-0.39, 0.29) is 24.0 Å². The number of piperazine rings is 1. The summed E-state index contributed by atoms with van der Waals surface area (Å²) >= 11 is 0. The molecule has 0 aromatic carbocycles. The molecule has 1 spiro atoms. The summed E-state index contributed by atoms with van der Waals surface area (Å²) in [6.07, 6.45) is 4.50. The molecule has 0 radical (unpaired) electrons. The van der Waals surface area contributed by atoms with E-state index in [9.17, 15) is 4.79 Å². The van der Waals surface area contributed by atoms with Crippen LogP contribution in [-0.4, -0.2) is 46.8 Å². The minimum Gasteiger partial charge on any atom is -0.331 e. The highest BCUT2D eigenvalue weighted by atomic mass is 16.6. The molecule has 2 heterocycles. The van der Waals surface area contributed by atoms with E-state index in [4.69, 9.17) is 4.74 Å². The summed E-state index contributed by atoms with van der Waals surface area (Å²) in [5.41, 5.74) is -0.248. The van der Waals surface area contributed by atoms with Crippen LogP contribution in [0, 0.1) is 0 Å². The zero-order chi connectivity index (χ0) is 11.5. The highest BCUT2D eigenvalue weighted by Crippen LogP contribution is 2.47. The highest BCUT2D eigenvalue weighted by molar-refractivity contribution is 5.88. The number of carbonyl (C=O) groups excluding carboxylic acids is 1. The lowest BCUT2D eigenvalue weighted by molar-refractivity contribution is -0.152. The molecule has 4 heteroatoms. The van der Waals surface area contributed by atoms with E-state index >= 15 is 0 Å². The average Bonchev–Trinajstić information content (AvgIpc) is 2.84. The van der Waals surface area contributed by atoms with Gasteiger partial charge in [-0.15, -0.1) is 0 Å². The van der Waals surface area contributed by atoms with Gasteiger partial charge in [0, 0.05) is 6.04 Å². The summed E-state index contributed by atoms with van der Waals surface area (Å²) < 4.78 is 5.65. The number of likely N-dealkylation sites (N-methyl/N-ethyl adjacent to an activating group) is 1. The number of carbonyl (C=O) groups is 1. The van der Waals surface area contributed by atoms with Gasteiger partial charge >= 0.3 is 0 Å². The number of ether oxygens (including phenoxy) is 1. The van der Waals surface area contributed by atoms with Crippen LogP contribution in [0.2, 0.25) is 0 Å². The first kappa shape index (κ1) is 10.5. The van der Waals surface area contributed by atoms with Crippen molar-refractivity contribution in [2.24, 2.45) is 0 Å². The topological polar surface area (TPSA) is 36.1 Å². The Morgan fingerprint density at radius 1 is 1.31 bits per heavy atom. The molecule has 0 aromatic rings. The third kappa shape index (κ3) is 1.14. The Kier molecular flexibility index (Phi) is 2.11. The number of hydrogen-bond acceptors (Lipinski definition) is 3. The number of hydrogen-bond donors (Lipinski definition) is 0. The minimum absolute atomic E-state index is 0.0173. The van der Waals surface area contributed by atoms with E-state index in [1.165, 1.54) is 12.8 Å². The van der Waals surface area contributed by atoms with E-state index in [0.717, 1.165) is 12.8 Å². The quantitative estimate of drug-likeness (QED) is 0.627. The molecule has 1 saturated carbocycles. The molecule has 3 fully saturated rings. The first-order valence-corrected chi connectivity index (χ1v) is 6.29. The van der Waals surface area contributed by atoms with Crippen molar-refractivity contribution >= 4 is 5.91 Å². The molecule has 16 heavy (non-hydrogen) atoms. The molecule has 3 aliphatic rings. The Morgan fingerprint density at radius 3 is 2.50 bits per heavy atom. The predicted molar refractivity (Wildman–Crippen MR) is 59.6 cm³/mol. The van der Waals surface area contributed by atoms with Crippen LogP contribution in [-0.2, 0) is 9.53 Å². The van der Waals surface area contributed by atoms with Crippen LogP contribution in [0.3, 0.4) is 0 Å². The van der Waals surface area contributed by atoms with Gasteiger partial charge < -0.3 is 9.64 Å². The highest BCUT2D eigenvalue weighted by Gasteiger charge is 2.64. The van der Waals surface area contributed by atoms with Crippen molar-refractivity contribution in [3.63, 3.8) is 0 Å². The van der Waals surface area contributed by atoms with E-state index in [0.29, 0.717) is 5.91 Å². The normalized spacial score (nSPS) is 37.2. The molecule has 0 N–H and O–H groups in total. The smallest absolute Gasteiger partial charge is 0.245 e. The van der Waals surface area contributed by atoms with Gasteiger partial charge in [0.1, 0.15) is 5.54 Å². The number of amides is 1. The lowest BCUT2D eigenvalue weighted by Crippen LogP contribution is -2.64. The summed E-state index contributed by atoms with van der Waals surface area (Å²) in [6, 6.07) is 0.244. The number of nitrogens with zero attached hydrogens (tertiary/aromatic N) is 2. The largest absolute Gasteiger partial charge is 0.331 e. The first-order valence-electron chi connectivity index (χ1n) is 6.29. The van der Waals surface area contributed by atoms with Crippen LogP contribution in [0.1, 0.15) is 39.5 Å². The van der Waals surface area contributed by atoms with Gasteiger partial charge in [0.2, 0.25) is 5.91 Å². The summed E-state index contributed by atoms with van der Waals surface area (Å²) in [5, 5.41) is 0. The standard InChI is InChI=1S/C12H20N2O2/c1-8(2)14-10-9(16-10)13(3)12(11(14)15)6-4-5-7-12/h8-10H,4-7H2,1-3H3. The second kappa shape index (κ2) is 3.20. The van der Waals surface area contributed by atoms with E-state index < -0.39 is 0 Å². The van der Waals surface area contributed by atoms with Gasteiger partial charge in [0.15, 0.2) is 12.5 Å². The summed E-state index contributed by atoms with van der Waals surface area (Å²) in [6.45, 7) is 4.15. The SMILES string of the molecule is CC(C)N1C(=O)C2(CCCC2)N(C)C2OC21. The Labute approximate surface area is 96.5 Å². The van der Waals surface area contributed by atoms with Crippen molar-refractivity contribution in [1.29, 1.82) is 0 Å². The predicted octanol–water partition coefficient (Wildman–Crippen LogP) is 1.16. The van der Waals surface area contributed by atoms with Crippen LogP contribution < -0.4 is 0 Å². The second-order valence-corrected chi connectivity index (χ2v) is 5.57. The molecule has 1 aliphatic carbocycles. The van der Waals surface area contributed by atoms with Gasteiger partial charge in [-0.2, -0.15) is 0 Å². The van der Waals surface area contributed by atoms with Crippen molar-refractivity contribution in [1.82, 2.24) is 9.80 Å². The third-order valence-corrected chi connectivity index (χ3v) is 4.40. The van der Waals surface area contributed by atoms with Gasteiger partial charge in [-0.1, -0.05) is 12.8 Å². The molecular formula is C12H20N2O2. The molecule has 90 valence electrons. The van der Waals surface area contributed by atoms with Crippen molar-refractivity contribution in [3.8, 4) is 0 Å². The van der Waals surface area contributed by atoms with Gasteiger partial charge in [-0.05, 0) is 33.7 Å². The molecular weight excluding hydrogens is 204 g/mol. The molecule has 0 bridgehead atoms. The fourth-order valence-electron chi connectivity index (χ4n) is 3.39. The van der Waals surface area contributed by atoms with Gasteiger partial charge in [-0.3, -0.25) is 9.69 Å². The Bertz CT molecular complexity index is 323. The molecule has 2 unspecified atom stereocenters. The van der Waals surface area contributed by atoms with Crippen LogP contribution in [0.25, 0.3) is 0 Å². The monoisotopic (exact) mass is 224 g/mol. The zero-order valence-corrected chi connectivity index (χ0v) is 10.3. The maximum atomic E-state index is 12.6. The first-order chi connectivity index (χ1) is 7.58. The molecule has 2 atom stereocenters. The molecule has 1 amide bonds. The van der Waals surface area contributed by atoms with Gasteiger partial charge in [0.25, 0.3) is 0 Å². The van der Waals surface area contributed by atoms with Crippen molar-refractivity contribution in [2.45, 2.75) is 63.6 Å². The van der Waals surface area contributed by atoms with Gasteiger partial charge in [0.05, 0.1) is 0 Å². The number of epoxide rings is 1. The van der Waals surface area contributed by atoms with Crippen molar-refractivity contribution in [3.05, 3.63) is 0 Å². The van der Waals surface area contributed by atoms with E-state index in [1.54, 1.807) is 0 Å². The number of fused-ring (bicyclic) bond motifs is 1. The molecule has 3 rings (SSSR count). The Morgan fingerprint density at radius 2 is 1.94 bits per heavy atom. The lowest BCUT2D eigenvalue weighted by atomic mass is 9.90. The summed E-state index contributed by atoms with van der Waals surface area (Å²) in [5.74, 6) is 0.293. The maximum Gasteiger partial charge on any atom is 0.245 e.